The van der Waals surface area contributed by atoms with Crippen molar-refractivity contribution in [2.75, 3.05) is 32.0 Å². The third kappa shape index (κ3) is 12.6. The fraction of sp³-hybridized carbons (Fsp3) is 0.811. The van der Waals surface area contributed by atoms with E-state index in [9.17, 15) is 20.2 Å². The third-order valence-corrected chi connectivity index (χ3v) is 19.6. The molecule has 0 saturated carbocycles. The maximum atomic E-state index is 13.4. The van der Waals surface area contributed by atoms with Gasteiger partial charge in [-0.3, -0.25) is 9.47 Å². The number of carbonyl (C=O) groups is 2. The Morgan fingerprint density at radius 2 is 1.53 bits per heavy atom. The molecule has 0 spiro atoms. The van der Waals surface area contributed by atoms with Crippen LogP contribution in [0.3, 0.4) is 0 Å². The lowest BCUT2D eigenvalue weighted by atomic mass is 10.1. The molecule has 322 valence electrons. The molecule has 0 aliphatic carbocycles. The molecule has 1 aliphatic rings. The zero-order valence-electron chi connectivity index (χ0n) is 37.0. The van der Waals surface area contributed by atoms with Crippen LogP contribution in [0.25, 0.3) is 21.6 Å². The van der Waals surface area contributed by atoms with Crippen molar-refractivity contribution in [3.8, 4) is 0 Å². The molecule has 0 radical (unpaired) electrons. The highest BCUT2D eigenvalue weighted by Gasteiger charge is 2.55. The van der Waals surface area contributed by atoms with Gasteiger partial charge in [-0.25, -0.2) is 24.5 Å². The normalized spacial score (nSPS) is 20.4. The quantitative estimate of drug-likeness (QED) is 0.0542. The number of aliphatic hydroxyl groups excluding tert-OH is 1. The Bertz CT molecular complexity index is 1760. The minimum atomic E-state index is -2.58. The Hall–Kier alpha value is -3.37. The minimum absolute atomic E-state index is 0.0270. The average Bonchev–Trinajstić information content (AvgIpc) is 3.53. The van der Waals surface area contributed by atoms with Gasteiger partial charge < -0.3 is 39.2 Å². The fourth-order valence-electron chi connectivity index (χ4n) is 5.70. The van der Waals surface area contributed by atoms with Gasteiger partial charge in [0.2, 0.25) is 5.95 Å². The van der Waals surface area contributed by atoms with Crippen LogP contribution in [0, 0.1) is 0 Å². The average molecular weight is 837 g/mol. The number of amides is 1. The van der Waals surface area contributed by atoms with Crippen LogP contribution >= 0.6 is 0 Å². The first-order valence-electron chi connectivity index (χ1n) is 19.5. The Labute approximate surface area is 339 Å². The van der Waals surface area contributed by atoms with E-state index in [-0.39, 0.29) is 60.0 Å². The van der Waals surface area contributed by atoms with E-state index in [1.54, 1.807) is 46.1 Å². The van der Waals surface area contributed by atoms with E-state index < -0.39 is 70.5 Å². The highest BCUT2D eigenvalue weighted by atomic mass is 28.4. The number of hydrogen-bond donors (Lipinski definition) is 3. The van der Waals surface area contributed by atoms with Crippen molar-refractivity contribution >= 4 is 51.6 Å². The summed E-state index contributed by atoms with van der Waals surface area (Å²) in [5, 5.41) is 16.5. The van der Waals surface area contributed by atoms with Crippen LogP contribution in [-0.2, 0) is 27.9 Å². The molecule has 0 aromatic carbocycles. The summed E-state index contributed by atoms with van der Waals surface area (Å²) in [7, 11) is -5.13. The Morgan fingerprint density at radius 1 is 0.965 bits per heavy atom. The number of hydrogen-bond acceptors (Lipinski definition) is 14. The first-order chi connectivity index (χ1) is 25.9. The highest BCUT2D eigenvalue weighted by molar-refractivity contribution is 6.74. The number of nitrogens with zero attached hydrogens (tertiary/aromatic N) is 8. The molecular weight excluding hydrogens is 769 g/mol. The number of imidazole rings is 1. The summed E-state index contributed by atoms with van der Waals surface area (Å²) in [4.78, 5) is 44.5. The first-order valence-corrected chi connectivity index (χ1v) is 25.3. The number of anilines is 1. The molecule has 3 heterocycles. The SMILES string of the molecule is CC(C)(C)OC(=O)N[C@@H](CCN(CCO)C[C@H]1O[C@@H](n2c(N=[N+]=[N-])nc3c(N)ncnc32)[C@H](O[Si](C)(C)C(C)(C)C)[C@@H]1O[Si](C)(C)C(C)(C)C)C(=O)OC(C)(C)C. The topological polar surface area (TPSA) is 234 Å². The summed E-state index contributed by atoms with van der Waals surface area (Å²) in [6.07, 6.45) is -2.35. The van der Waals surface area contributed by atoms with Crippen LogP contribution < -0.4 is 11.1 Å². The Balaban J connectivity index is 2.18. The van der Waals surface area contributed by atoms with Gasteiger partial charge in [-0.1, -0.05) is 41.5 Å². The van der Waals surface area contributed by atoms with E-state index in [1.807, 2.05) is 4.90 Å². The molecule has 0 unspecified atom stereocenters. The van der Waals surface area contributed by atoms with Gasteiger partial charge in [-0.15, -0.1) is 0 Å². The van der Waals surface area contributed by atoms with Crippen molar-refractivity contribution < 1.29 is 37.8 Å². The van der Waals surface area contributed by atoms with Crippen LogP contribution in [0.5, 0.6) is 0 Å². The number of aliphatic hydroxyl groups is 1. The summed E-state index contributed by atoms with van der Waals surface area (Å²) in [5.74, 6) is -0.538. The highest BCUT2D eigenvalue weighted by Crippen LogP contribution is 2.47. The van der Waals surface area contributed by atoms with Crippen molar-refractivity contribution in [1.82, 2.24) is 29.7 Å². The molecule has 1 amide bonds. The number of rotatable bonds is 15. The number of ether oxygens (including phenoxy) is 3. The number of nitrogen functional groups attached to an aromatic ring is 1. The van der Waals surface area contributed by atoms with Crippen LogP contribution in [0.4, 0.5) is 16.6 Å². The predicted molar refractivity (Wildman–Crippen MR) is 224 cm³/mol. The maximum Gasteiger partial charge on any atom is 0.408 e. The molecule has 5 atom stereocenters. The van der Waals surface area contributed by atoms with E-state index in [0.29, 0.717) is 5.65 Å². The van der Waals surface area contributed by atoms with E-state index in [4.69, 9.17) is 28.8 Å². The molecule has 18 nitrogen and oxygen atoms in total. The lowest BCUT2D eigenvalue weighted by Crippen LogP contribution is -2.55. The third-order valence-electron chi connectivity index (χ3n) is 10.6. The van der Waals surface area contributed by atoms with Crippen molar-refractivity contribution in [2.24, 2.45) is 5.11 Å². The van der Waals surface area contributed by atoms with Crippen LogP contribution in [-0.4, -0.2) is 120 Å². The summed E-state index contributed by atoms with van der Waals surface area (Å²) in [5.41, 5.74) is 14.8. The minimum Gasteiger partial charge on any atom is -0.458 e. The van der Waals surface area contributed by atoms with Crippen LogP contribution in [0.2, 0.25) is 36.3 Å². The molecule has 57 heavy (non-hydrogen) atoms. The molecular formula is C37H68N10O8Si2. The summed E-state index contributed by atoms with van der Waals surface area (Å²) in [6, 6.07) is -1.06. The van der Waals surface area contributed by atoms with E-state index in [0.717, 1.165) is 0 Å². The smallest absolute Gasteiger partial charge is 0.408 e. The zero-order chi connectivity index (χ0) is 43.5. The van der Waals surface area contributed by atoms with Crippen molar-refractivity contribution in [3.05, 3.63) is 16.8 Å². The second-order valence-electron chi connectivity index (χ2n) is 19.7. The number of carbonyl (C=O) groups excluding carboxylic acids is 2. The molecule has 2 aromatic rings. The molecule has 0 bridgehead atoms. The largest absolute Gasteiger partial charge is 0.458 e. The molecule has 2 aromatic heterocycles. The van der Waals surface area contributed by atoms with Crippen molar-refractivity contribution in [3.63, 3.8) is 0 Å². The number of aromatic nitrogens is 4. The van der Waals surface area contributed by atoms with E-state index in [2.05, 4.69) is 98.0 Å². The standard InChI is InChI=1S/C37H68N10O8Si2/c1-34(2,3)52-31(49)23(42-33(50)53-35(4,5)6)17-18-46(19-20-48)21-24-26(54-56(13,14)36(7,8)9)27(55-57(15,16)37(10,11)12)30(51-24)47-29-25(28(38)40-22-41-29)43-32(47)44-45-39/h22-24,26-27,30,48H,17-21H2,1-16H3,(H,42,50)(H2,38,40,41)/t23-,24+,26+,27+,30+/m0/s1. The second-order valence-corrected chi connectivity index (χ2v) is 29.2. The molecule has 20 heteroatoms. The molecule has 1 saturated heterocycles. The first kappa shape index (κ1) is 48.0. The van der Waals surface area contributed by atoms with Crippen LogP contribution in [0.15, 0.2) is 11.4 Å². The monoisotopic (exact) mass is 836 g/mol. The lowest BCUT2D eigenvalue weighted by Gasteiger charge is -2.44. The lowest BCUT2D eigenvalue weighted by molar-refractivity contribution is -0.157. The molecule has 1 aliphatic heterocycles. The van der Waals surface area contributed by atoms with Gasteiger partial charge in [-0.05, 0) is 94.9 Å². The fourth-order valence-corrected chi connectivity index (χ4v) is 8.30. The molecule has 3 rings (SSSR count). The van der Waals surface area contributed by atoms with Gasteiger partial charge in [0.15, 0.2) is 39.8 Å². The van der Waals surface area contributed by atoms with Gasteiger partial charge in [0, 0.05) is 24.5 Å². The number of alkyl carbamates (subject to hydrolysis) is 1. The second kappa shape index (κ2) is 17.9. The number of nitrogens with two attached hydrogens (primary N) is 1. The van der Waals surface area contributed by atoms with Gasteiger partial charge in [0.05, 0.1) is 6.61 Å². The van der Waals surface area contributed by atoms with Gasteiger partial charge in [0.1, 0.15) is 41.9 Å². The van der Waals surface area contributed by atoms with Crippen molar-refractivity contribution in [1.29, 1.82) is 0 Å². The van der Waals surface area contributed by atoms with Gasteiger partial charge in [0.25, 0.3) is 0 Å². The number of azide groups is 1. The number of nitrogens with one attached hydrogen (secondary N) is 1. The van der Waals surface area contributed by atoms with Crippen molar-refractivity contribution in [2.45, 2.75) is 168 Å². The summed E-state index contributed by atoms with van der Waals surface area (Å²) in [6.45, 7) is 32.5. The predicted octanol–water partition coefficient (Wildman–Crippen LogP) is 6.95. The number of fused-ring (bicyclic) bond motifs is 1. The van der Waals surface area contributed by atoms with Gasteiger partial charge in [-0.2, -0.15) is 0 Å². The Kier molecular flexibility index (Phi) is 15.0. The molecule has 4 N–H and O–H groups in total. The zero-order valence-corrected chi connectivity index (χ0v) is 39.0. The van der Waals surface area contributed by atoms with E-state index in [1.165, 1.54) is 6.33 Å². The van der Waals surface area contributed by atoms with Gasteiger partial charge >= 0.3 is 12.1 Å². The number of esters is 1. The maximum absolute atomic E-state index is 13.4. The Morgan fingerprint density at radius 3 is 2.04 bits per heavy atom. The summed E-state index contributed by atoms with van der Waals surface area (Å²) >= 11 is 0. The molecule has 1 fully saturated rings. The van der Waals surface area contributed by atoms with Crippen LogP contribution in [0.1, 0.15) is 95.7 Å². The summed E-state index contributed by atoms with van der Waals surface area (Å²) < 4.78 is 34.4. The van der Waals surface area contributed by atoms with E-state index >= 15 is 0 Å².